The van der Waals surface area contributed by atoms with Crippen LogP contribution in [-0.2, 0) is 9.53 Å². The number of hydrogen-bond donors (Lipinski definition) is 0. The van der Waals surface area contributed by atoms with E-state index in [1.54, 1.807) is 12.3 Å². The third-order valence-corrected chi connectivity index (χ3v) is 2.86. The fraction of sp³-hybridized carbons (Fsp3) is 0.0526. The number of hydrogen-bond acceptors (Lipinski definition) is 3. The van der Waals surface area contributed by atoms with Gasteiger partial charge in [0.25, 0.3) is 0 Å². The summed E-state index contributed by atoms with van der Waals surface area (Å²) in [4.78, 5) is 15.7. The van der Waals surface area contributed by atoms with Crippen molar-refractivity contribution in [2.45, 2.75) is 0 Å². The van der Waals surface area contributed by atoms with Gasteiger partial charge < -0.3 is 4.74 Å². The molecular formula is C19H17NO2. The van der Waals surface area contributed by atoms with Gasteiger partial charge in [-0.3, -0.25) is 4.99 Å². The van der Waals surface area contributed by atoms with E-state index in [0.29, 0.717) is 0 Å². The molecule has 22 heavy (non-hydrogen) atoms. The number of methoxy groups -OCH3 is 1. The normalized spacial score (nSPS) is 12.0. The topological polar surface area (TPSA) is 38.7 Å². The maximum atomic E-state index is 11.3. The van der Waals surface area contributed by atoms with E-state index < -0.39 is 5.97 Å². The summed E-state index contributed by atoms with van der Waals surface area (Å²) in [7, 11) is 1.35. The molecule has 0 radical (unpaired) electrons. The van der Waals surface area contributed by atoms with E-state index in [0.717, 1.165) is 16.8 Å². The summed E-state index contributed by atoms with van der Waals surface area (Å²) in [5.74, 6) is -0.396. The second kappa shape index (κ2) is 8.37. The molecule has 3 nitrogen and oxygen atoms in total. The summed E-state index contributed by atoms with van der Waals surface area (Å²) in [6, 6.07) is 19.5. The number of carbonyl (C=O) groups is 1. The van der Waals surface area contributed by atoms with E-state index in [9.17, 15) is 4.79 Å². The van der Waals surface area contributed by atoms with Gasteiger partial charge in [0, 0.05) is 12.3 Å². The number of carbonyl (C=O) groups excluding carboxylic acids is 1. The van der Waals surface area contributed by atoms with Crippen LogP contribution >= 0.6 is 0 Å². The fourth-order valence-corrected chi connectivity index (χ4v) is 1.77. The fourth-order valence-electron chi connectivity index (χ4n) is 1.77. The molecule has 0 unspecified atom stereocenters. The van der Waals surface area contributed by atoms with Crippen LogP contribution in [-0.4, -0.2) is 19.3 Å². The summed E-state index contributed by atoms with van der Waals surface area (Å²) >= 11 is 0. The summed E-state index contributed by atoms with van der Waals surface area (Å²) in [5.41, 5.74) is 2.69. The molecule has 0 fully saturated rings. The lowest BCUT2D eigenvalue weighted by molar-refractivity contribution is -0.134. The number of para-hydroxylation sites is 1. The molecule has 0 atom stereocenters. The average Bonchev–Trinajstić information content (AvgIpc) is 2.58. The van der Waals surface area contributed by atoms with Crippen LogP contribution in [0.15, 0.2) is 83.4 Å². The van der Waals surface area contributed by atoms with Crippen molar-refractivity contribution >= 4 is 23.9 Å². The Hall–Kier alpha value is -2.94. The monoisotopic (exact) mass is 291 g/mol. The molecule has 2 rings (SSSR count). The third kappa shape index (κ3) is 5.21. The third-order valence-electron chi connectivity index (χ3n) is 2.86. The van der Waals surface area contributed by atoms with Crippen molar-refractivity contribution in [2.75, 3.05) is 7.11 Å². The number of aliphatic imine (C=N–C) groups is 1. The van der Waals surface area contributed by atoms with Crippen LogP contribution in [0.1, 0.15) is 5.56 Å². The SMILES string of the molecule is COC(=O)/C=C/C(C=Nc1ccccc1)=C\c1ccccc1. The number of rotatable bonds is 5. The first kappa shape index (κ1) is 15.4. The van der Waals surface area contributed by atoms with Gasteiger partial charge in [-0.25, -0.2) is 4.79 Å². The Bertz CT molecular complexity index is 686. The molecule has 0 saturated heterocycles. The maximum absolute atomic E-state index is 11.3. The van der Waals surface area contributed by atoms with E-state index in [1.165, 1.54) is 13.2 Å². The summed E-state index contributed by atoms with van der Waals surface area (Å²) in [5, 5.41) is 0. The van der Waals surface area contributed by atoms with Crippen molar-refractivity contribution in [3.63, 3.8) is 0 Å². The van der Waals surface area contributed by atoms with Crippen LogP contribution in [0.3, 0.4) is 0 Å². The van der Waals surface area contributed by atoms with E-state index in [-0.39, 0.29) is 0 Å². The van der Waals surface area contributed by atoms with E-state index in [1.807, 2.05) is 66.7 Å². The molecule has 0 spiro atoms. The highest BCUT2D eigenvalue weighted by Gasteiger charge is 1.95. The summed E-state index contributed by atoms with van der Waals surface area (Å²) in [6.45, 7) is 0. The Labute approximate surface area is 130 Å². The predicted molar refractivity (Wildman–Crippen MR) is 90.2 cm³/mol. The first-order valence-corrected chi connectivity index (χ1v) is 6.90. The highest BCUT2D eigenvalue weighted by Crippen LogP contribution is 2.12. The maximum Gasteiger partial charge on any atom is 0.330 e. The molecule has 0 N–H and O–H groups in total. The molecule has 0 saturated carbocycles. The lowest BCUT2D eigenvalue weighted by Crippen LogP contribution is -1.94. The molecule has 0 bridgehead atoms. The number of ether oxygens (including phenoxy) is 1. The molecule has 110 valence electrons. The number of benzene rings is 2. The Kier molecular flexibility index (Phi) is 5.88. The molecule has 0 amide bonds. The van der Waals surface area contributed by atoms with Gasteiger partial charge in [-0.2, -0.15) is 0 Å². The Morgan fingerprint density at radius 1 is 0.955 bits per heavy atom. The van der Waals surface area contributed by atoms with E-state index in [4.69, 9.17) is 0 Å². The average molecular weight is 291 g/mol. The second-order valence-electron chi connectivity index (χ2n) is 4.51. The van der Waals surface area contributed by atoms with Crippen LogP contribution < -0.4 is 0 Å². The quantitative estimate of drug-likeness (QED) is 0.358. The van der Waals surface area contributed by atoms with Gasteiger partial charge in [0.15, 0.2) is 0 Å². The molecular weight excluding hydrogens is 274 g/mol. The zero-order chi connectivity index (χ0) is 15.6. The van der Waals surface area contributed by atoms with Crippen LogP contribution in [0, 0.1) is 0 Å². The molecule has 0 aliphatic carbocycles. The summed E-state index contributed by atoms with van der Waals surface area (Å²) < 4.78 is 4.62. The van der Waals surface area contributed by atoms with Crippen LogP contribution in [0.4, 0.5) is 5.69 Å². The van der Waals surface area contributed by atoms with Crippen LogP contribution in [0.2, 0.25) is 0 Å². The van der Waals surface area contributed by atoms with Gasteiger partial charge in [0.05, 0.1) is 12.8 Å². The molecule has 0 aliphatic rings. The zero-order valence-electron chi connectivity index (χ0n) is 12.3. The second-order valence-corrected chi connectivity index (χ2v) is 4.51. The molecule has 2 aromatic rings. The smallest absolute Gasteiger partial charge is 0.330 e. The van der Waals surface area contributed by atoms with Crippen LogP contribution in [0.25, 0.3) is 6.08 Å². The number of allylic oxidation sites excluding steroid dienone is 2. The van der Waals surface area contributed by atoms with Crippen molar-refractivity contribution in [1.29, 1.82) is 0 Å². The Morgan fingerprint density at radius 2 is 1.59 bits per heavy atom. The molecule has 3 heteroatoms. The predicted octanol–water partition coefficient (Wildman–Crippen LogP) is 4.20. The highest BCUT2D eigenvalue weighted by molar-refractivity contribution is 5.93. The number of nitrogens with zero attached hydrogens (tertiary/aromatic N) is 1. The summed E-state index contributed by atoms with van der Waals surface area (Å²) in [6.07, 6.45) is 6.74. The lowest BCUT2D eigenvalue weighted by atomic mass is 10.1. The zero-order valence-corrected chi connectivity index (χ0v) is 12.3. The van der Waals surface area contributed by atoms with Crippen molar-refractivity contribution in [2.24, 2.45) is 4.99 Å². The minimum absolute atomic E-state index is 0.396. The van der Waals surface area contributed by atoms with Crippen molar-refractivity contribution in [1.82, 2.24) is 0 Å². The van der Waals surface area contributed by atoms with Gasteiger partial charge in [-0.1, -0.05) is 48.5 Å². The minimum Gasteiger partial charge on any atom is -0.466 e. The van der Waals surface area contributed by atoms with Gasteiger partial charge in [0.1, 0.15) is 0 Å². The minimum atomic E-state index is -0.396. The molecule has 0 heterocycles. The van der Waals surface area contributed by atoms with E-state index in [2.05, 4.69) is 9.73 Å². The van der Waals surface area contributed by atoms with Gasteiger partial charge >= 0.3 is 5.97 Å². The van der Waals surface area contributed by atoms with Crippen molar-refractivity contribution < 1.29 is 9.53 Å². The lowest BCUT2D eigenvalue weighted by Gasteiger charge is -1.97. The van der Waals surface area contributed by atoms with Gasteiger partial charge in [-0.15, -0.1) is 0 Å². The first-order chi connectivity index (χ1) is 10.8. The van der Waals surface area contributed by atoms with Crippen LogP contribution in [0.5, 0.6) is 0 Å². The van der Waals surface area contributed by atoms with Gasteiger partial charge in [-0.05, 0) is 35.4 Å². The first-order valence-electron chi connectivity index (χ1n) is 6.90. The number of esters is 1. The largest absolute Gasteiger partial charge is 0.466 e. The van der Waals surface area contributed by atoms with Crippen molar-refractivity contribution in [3.05, 3.63) is 84.0 Å². The molecule has 0 aromatic heterocycles. The standard InChI is InChI=1S/C19H17NO2/c1-22-19(21)13-12-17(14-16-8-4-2-5-9-16)15-20-18-10-6-3-7-11-18/h2-15H,1H3/b13-12+,17-14+,20-15?. The van der Waals surface area contributed by atoms with E-state index >= 15 is 0 Å². The van der Waals surface area contributed by atoms with Crippen molar-refractivity contribution in [3.8, 4) is 0 Å². The Balaban J connectivity index is 2.25. The Morgan fingerprint density at radius 3 is 2.23 bits per heavy atom. The molecule has 2 aromatic carbocycles. The molecule has 0 aliphatic heterocycles. The van der Waals surface area contributed by atoms with Gasteiger partial charge in [0.2, 0.25) is 0 Å². The highest BCUT2D eigenvalue weighted by atomic mass is 16.5.